The Morgan fingerprint density at radius 3 is 2.60 bits per heavy atom. The first-order valence-electron chi connectivity index (χ1n) is 6.33. The molecule has 2 rings (SSSR count). The van der Waals surface area contributed by atoms with Gasteiger partial charge in [-0.05, 0) is 24.6 Å². The van der Waals surface area contributed by atoms with Gasteiger partial charge in [0.05, 0.1) is 11.6 Å². The van der Waals surface area contributed by atoms with E-state index in [1.54, 1.807) is 12.1 Å². The van der Waals surface area contributed by atoms with E-state index in [0.717, 1.165) is 11.1 Å². The van der Waals surface area contributed by atoms with E-state index in [4.69, 9.17) is 0 Å². The molecule has 20 heavy (non-hydrogen) atoms. The minimum absolute atomic E-state index is 0.00511. The zero-order valence-corrected chi connectivity index (χ0v) is 12.7. The predicted molar refractivity (Wildman–Crippen MR) is 83.3 cm³/mol. The number of phenolic OH excluding ortho intramolecular Hbond substituents is 1. The third-order valence-electron chi connectivity index (χ3n) is 3.06. The molecule has 0 fully saturated rings. The average Bonchev–Trinajstić information content (AvgIpc) is 2.48. The number of aryl methyl sites for hydroxylation is 1. The van der Waals surface area contributed by atoms with Crippen molar-refractivity contribution in [2.75, 3.05) is 5.33 Å². The highest BCUT2D eigenvalue weighted by molar-refractivity contribution is 9.09. The van der Waals surface area contributed by atoms with Crippen LogP contribution >= 0.6 is 15.9 Å². The maximum absolute atomic E-state index is 12.3. The van der Waals surface area contributed by atoms with Crippen molar-refractivity contribution in [2.24, 2.45) is 0 Å². The van der Waals surface area contributed by atoms with Crippen LogP contribution < -0.4 is 5.32 Å². The van der Waals surface area contributed by atoms with E-state index in [2.05, 4.69) is 21.2 Å². The topological polar surface area (TPSA) is 49.3 Å². The highest BCUT2D eigenvalue weighted by Gasteiger charge is 2.17. The Morgan fingerprint density at radius 1 is 1.25 bits per heavy atom. The van der Waals surface area contributed by atoms with Crippen molar-refractivity contribution in [3.8, 4) is 5.75 Å². The van der Waals surface area contributed by atoms with E-state index >= 15 is 0 Å². The molecule has 1 amide bonds. The van der Waals surface area contributed by atoms with E-state index in [1.165, 1.54) is 6.07 Å². The monoisotopic (exact) mass is 333 g/mol. The lowest BCUT2D eigenvalue weighted by atomic mass is 10.1. The molecule has 0 bridgehead atoms. The van der Waals surface area contributed by atoms with Gasteiger partial charge in [0.25, 0.3) is 5.91 Å². The van der Waals surface area contributed by atoms with E-state index in [0.29, 0.717) is 10.9 Å². The Kier molecular flexibility index (Phi) is 4.79. The minimum Gasteiger partial charge on any atom is -0.507 e. The van der Waals surface area contributed by atoms with Crippen molar-refractivity contribution in [2.45, 2.75) is 13.0 Å². The molecular formula is C16H16BrNO2. The van der Waals surface area contributed by atoms with Gasteiger partial charge >= 0.3 is 0 Å². The van der Waals surface area contributed by atoms with E-state index in [1.807, 2.05) is 37.3 Å². The number of alkyl halides is 1. The molecule has 0 aliphatic rings. The summed E-state index contributed by atoms with van der Waals surface area (Å²) in [5, 5.41) is 13.3. The van der Waals surface area contributed by atoms with Crippen LogP contribution in [0.2, 0.25) is 0 Å². The number of amides is 1. The van der Waals surface area contributed by atoms with Gasteiger partial charge in [0, 0.05) is 5.33 Å². The van der Waals surface area contributed by atoms with E-state index in [-0.39, 0.29) is 17.7 Å². The fourth-order valence-electron chi connectivity index (χ4n) is 1.96. The number of carbonyl (C=O) groups is 1. The summed E-state index contributed by atoms with van der Waals surface area (Å²) in [6, 6.07) is 14.6. The summed E-state index contributed by atoms with van der Waals surface area (Å²) < 4.78 is 0. The molecule has 2 N–H and O–H groups in total. The van der Waals surface area contributed by atoms with Crippen molar-refractivity contribution in [1.82, 2.24) is 5.32 Å². The number of nitrogens with one attached hydrogen (secondary N) is 1. The molecule has 0 aliphatic carbocycles. The number of benzene rings is 2. The van der Waals surface area contributed by atoms with Crippen LogP contribution in [0.5, 0.6) is 5.75 Å². The van der Waals surface area contributed by atoms with Crippen LogP contribution in [0.3, 0.4) is 0 Å². The molecule has 0 heterocycles. The number of hydrogen-bond donors (Lipinski definition) is 2. The number of halogens is 1. The van der Waals surface area contributed by atoms with Gasteiger partial charge in [-0.3, -0.25) is 4.79 Å². The first-order valence-corrected chi connectivity index (χ1v) is 7.45. The summed E-state index contributed by atoms with van der Waals surface area (Å²) in [4.78, 5) is 12.3. The fourth-order valence-corrected chi connectivity index (χ4v) is 2.50. The molecule has 0 radical (unpaired) electrons. The van der Waals surface area contributed by atoms with Crippen LogP contribution in [-0.4, -0.2) is 16.3 Å². The van der Waals surface area contributed by atoms with E-state index in [9.17, 15) is 9.90 Å². The molecule has 0 aromatic heterocycles. The van der Waals surface area contributed by atoms with Crippen LogP contribution in [0, 0.1) is 6.92 Å². The maximum Gasteiger partial charge on any atom is 0.255 e. The van der Waals surface area contributed by atoms with Gasteiger partial charge in [-0.2, -0.15) is 0 Å². The fraction of sp³-hybridized carbons (Fsp3) is 0.188. The van der Waals surface area contributed by atoms with Gasteiger partial charge in [0.1, 0.15) is 5.75 Å². The van der Waals surface area contributed by atoms with Crippen LogP contribution in [0.4, 0.5) is 0 Å². The van der Waals surface area contributed by atoms with Crippen LogP contribution in [0.1, 0.15) is 27.5 Å². The normalized spacial score (nSPS) is 11.9. The van der Waals surface area contributed by atoms with Crippen LogP contribution in [-0.2, 0) is 0 Å². The standard InChI is InChI=1S/C16H16BrNO2/c1-11-7-8-15(19)13(9-11)16(20)18-14(10-17)12-5-3-2-4-6-12/h2-9,14,19H,10H2,1H3,(H,18,20). The lowest BCUT2D eigenvalue weighted by molar-refractivity contribution is 0.0938. The summed E-state index contributed by atoms with van der Waals surface area (Å²) in [6.45, 7) is 1.88. The molecule has 0 saturated carbocycles. The van der Waals surface area contributed by atoms with Crippen molar-refractivity contribution < 1.29 is 9.90 Å². The molecule has 0 spiro atoms. The van der Waals surface area contributed by atoms with Crippen molar-refractivity contribution in [3.63, 3.8) is 0 Å². The summed E-state index contributed by atoms with van der Waals surface area (Å²) in [5.74, 6) is -0.283. The number of aromatic hydroxyl groups is 1. The van der Waals surface area contributed by atoms with Gasteiger partial charge in [0.15, 0.2) is 0 Å². The zero-order chi connectivity index (χ0) is 14.5. The number of phenols is 1. The first-order chi connectivity index (χ1) is 9.61. The van der Waals surface area contributed by atoms with Gasteiger partial charge in [-0.25, -0.2) is 0 Å². The zero-order valence-electron chi connectivity index (χ0n) is 11.1. The molecule has 0 aliphatic heterocycles. The molecule has 4 heteroatoms. The van der Waals surface area contributed by atoms with Gasteiger partial charge in [0.2, 0.25) is 0 Å². The summed E-state index contributed by atoms with van der Waals surface area (Å²) >= 11 is 3.41. The van der Waals surface area contributed by atoms with Crippen molar-refractivity contribution in [3.05, 3.63) is 65.2 Å². The second-order valence-corrected chi connectivity index (χ2v) is 5.26. The minimum atomic E-state index is -0.278. The largest absolute Gasteiger partial charge is 0.507 e. The quantitative estimate of drug-likeness (QED) is 0.840. The molecule has 1 unspecified atom stereocenters. The third kappa shape index (κ3) is 3.39. The van der Waals surface area contributed by atoms with Gasteiger partial charge < -0.3 is 10.4 Å². The third-order valence-corrected chi connectivity index (χ3v) is 3.71. The Bertz CT molecular complexity index is 599. The van der Waals surface area contributed by atoms with E-state index < -0.39 is 0 Å². The van der Waals surface area contributed by atoms with Crippen LogP contribution in [0.15, 0.2) is 48.5 Å². The number of rotatable bonds is 4. The Hall–Kier alpha value is -1.81. The second-order valence-electron chi connectivity index (χ2n) is 4.61. The predicted octanol–water partition coefficient (Wildman–Crippen LogP) is 3.57. The Balaban J connectivity index is 2.20. The number of carbonyl (C=O) groups excluding carboxylic acids is 1. The SMILES string of the molecule is Cc1ccc(O)c(C(=O)NC(CBr)c2ccccc2)c1. The van der Waals surface area contributed by atoms with Crippen molar-refractivity contribution in [1.29, 1.82) is 0 Å². The van der Waals surface area contributed by atoms with Gasteiger partial charge in [-0.1, -0.05) is 57.9 Å². The highest BCUT2D eigenvalue weighted by Crippen LogP contribution is 2.21. The summed E-state index contributed by atoms with van der Waals surface area (Å²) in [6.07, 6.45) is 0. The Labute approximate surface area is 126 Å². The molecule has 2 aromatic rings. The molecule has 0 saturated heterocycles. The second kappa shape index (κ2) is 6.57. The molecule has 104 valence electrons. The maximum atomic E-state index is 12.3. The lowest BCUT2D eigenvalue weighted by Crippen LogP contribution is -2.29. The highest BCUT2D eigenvalue weighted by atomic mass is 79.9. The molecule has 3 nitrogen and oxygen atoms in total. The summed E-state index contributed by atoms with van der Waals surface area (Å²) in [5.41, 5.74) is 2.25. The summed E-state index contributed by atoms with van der Waals surface area (Å²) in [7, 11) is 0. The lowest BCUT2D eigenvalue weighted by Gasteiger charge is -2.17. The van der Waals surface area contributed by atoms with Crippen LogP contribution in [0.25, 0.3) is 0 Å². The Morgan fingerprint density at radius 2 is 1.95 bits per heavy atom. The molecule has 1 atom stereocenters. The first kappa shape index (κ1) is 14.6. The molecular weight excluding hydrogens is 318 g/mol. The number of hydrogen-bond acceptors (Lipinski definition) is 2. The van der Waals surface area contributed by atoms with Gasteiger partial charge in [-0.15, -0.1) is 0 Å². The smallest absolute Gasteiger partial charge is 0.255 e. The van der Waals surface area contributed by atoms with Crippen molar-refractivity contribution >= 4 is 21.8 Å². The molecule has 2 aromatic carbocycles. The average molecular weight is 334 g/mol.